The van der Waals surface area contributed by atoms with Crippen LogP contribution in [0.4, 0.5) is 0 Å². The standard InChI is InChI=1S/C12H14N4OS/c13-11(16-17)10(9-4-2-1-3-5-9)8-18-12-14-6-7-15-12/h1-7,10,17H,8H2,(H2,13,16)(H,14,15). The van der Waals surface area contributed by atoms with Crippen LogP contribution in [0.1, 0.15) is 11.5 Å². The molecule has 5 nitrogen and oxygen atoms in total. The van der Waals surface area contributed by atoms with Crippen LogP contribution in [0, 0.1) is 0 Å². The number of oxime groups is 1. The van der Waals surface area contributed by atoms with Gasteiger partial charge >= 0.3 is 0 Å². The normalized spacial score (nSPS) is 13.4. The summed E-state index contributed by atoms with van der Waals surface area (Å²) in [4.78, 5) is 7.14. The van der Waals surface area contributed by atoms with Crippen molar-refractivity contribution in [3.05, 3.63) is 48.3 Å². The summed E-state index contributed by atoms with van der Waals surface area (Å²) >= 11 is 1.54. The summed E-state index contributed by atoms with van der Waals surface area (Å²) in [5.74, 6) is 0.736. The van der Waals surface area contributed by atoms with Crippen LogP contribution in [0.25, 0.3) is 0 Å². The predicted octanol–water partition coefficient (Wildman–Crippen LogP) is 2.03. The molecule has 6 heteroatoms. The Balaban J connectivity index is 2.11. The third-order valence-corrected chi connectivity index (χ3v) is 3.53. The summed E-state index contributed by atoms with van der Waals surface area (Å²) in [6, 6.07) is 9.73. The van der Waals surface area contributed by atoms with E-state index in [0.29, 0.717) is 5.75 Å². The van der Waals surface area contributed by atoms with E-state index < -0.39 is 0 Å². The molecule has 2 aromatic rings. The van der Waals surface area contributed by atoms with Gasteiger partial charge in [-0.25, -0.2) is 4.98 Å². The monoisotopic (exact) mass is 262 g/mol. The number of hydrogen-bond donors (Lipinski definition) is 3. The van der Waals surface area contributed by atoms with Gasteiger partial charge in [-0.2, -0.15) is 0 Å². The highest BCUT2D eigenvalue weighted by Gasteiger charge is 2.17. The number of nitrogens with two attached hydrogens (primary N) is 1. The van der Waals surface area contributed by atoms with Gasteiger partial charge in [0.1, 0.15) is 5.84 Å². The number of thioether (sulfide) groups is 1. The van der Waals surface area contributed by atoms with Gasteiger partial charge in [0.05, 0.1) is 5.92 Å². The summed E-state index contributed by atoms with van der Waals surface area (Å²) in [6.07, 6.45) is 3.46. The summed E-state index contributed by atoms with van der Waals surface area (Å²) < 4.78 is 0. The van der Waals surface area contributed by atoms with E-state index in [9.17, 15) is 0 Å². The molecule has 2 rings (SSSR count). The number of nitrogens with one attached hydrogen (secondary N) is 1. The van der Waals surface area contributed by atoms with E-state index in [1.807, 2.05) is 30.3 Å². The molecule has 0 saturated carbocycles. The first-order valence-electron chi connectivity index (χ1n) is 5.46. The Hall–Kier alpha value is -1.95. The molecule has 4 N–H and O–H groups in total. The number of benzene rings is 1. The highest BCUT2D eigenvalue weighted by molar-refractivity contribution is 7.99. The lowest BCUT2D eigenvalue weighted by Gasteiger charge is -2.14. The lowest BCUT2D eigenvalue weighted by molar-refractivity contribution is 0.316. The van der Waals surface area contributed by atoms with Crippen LogP contribution in [-0.2, 0) is 0 Å². The van der Waals surface area contributed by atoms with Crippen LogP contribution in [0.5, 0.6) is 0 Å². The van der Waals surface area contributed by atoms with Gasteiger partial charge in [0.2, 0.25) is 0 Å². The summed E-state index contributed by atoms with van der Waals surface area (Å²) in [6.45, 7) is 0. The van der Waals surface area contributed by atoms with E-state index in [1.165, 1.54) is 11.8 Å². The molecular weight excluding hydrogens is 248 g/mol. The SMILES string of the molecule is N/C(=N/O)C(CSc1ncc[nH]1)c1ccccc1. The predicted molar refractivity (Wildman–Crippen MR) is 71.9 cm³/mol. The van der Waals surface area contributed by atoms with Crippen molar-refractivity contribution < 1.29 is 5.21 Å². The number of hydrogen-bond acceptors (Lipinski definition) is 4. The van der Waals surface area contributed by atoms with Crippen molar-refractivity contribution in [2.45, 2.75) is 11.1 Å². The second kappa shape index (κ2) is 6.11. The lowest BCUT2D eigenvalue weighted by atomic mass is 10.0. The fourth-order valence-corrected chi connectivity index (χ4v) is 2.57. The molecule has 1 unspecified atom stereocenters. The molecule has 0 radical (unpaired) electrons. The molecule has 0 spiro atoms. The van der Waals surface area contributed by atoms with Crippen LogP contribution in [-0.4, -0.2) is 26.8 Å². The second-order valence-electron chi connectivity index (χ2n) is 3.69. The fraction of sp³-hybridized carbons (Fsp3) is 0.167. The van der Waals surface area contributed by atoms with Crippen molar-refractivity contribution in [2.24, 2.45) is 10.9 Å². The molecule has 0 bridgehead atoms. The maximum atomic E-state index is 8.85. The van der Waals surface area contributed by atoms with E-state index in [0.717, 1.165) is 10.7 Å². The minimum atomic E-state index is -0.133. The van der Waals surface area contributed by atoms with Gasteiger partial charge < -0.3 is 15.9 Å². The summed E-state index contributed by atoms with van der Waals surface area (Å²) in [5, 5.41) is 12.8. The number of imidazole rings is 1. The first-order valence-corrected chi connectivity index (χ1v) is 6.44. The minimum Gasteiger partial charge on any atom is -0.409 e. The van der Waals surface area contributed by atoms with Gasteiger partial charge in [-0.1, -0.05) is 47.2 Å². The molecular formula is C12H14N4OS. The molecule has 0 fully saturated rings. The molecule has 18 heavy (non-hydrogen) atoms. The van der Waals surface area contributed by atoms with Crippen molar-refractivity contribution in [3.63, 3.8) is 0 Å². The van der Waals surface area contributed by atoms with E-state index >= 15 is 0 Å². The van der Waals surface area contributed by atoms with Crippen molar-refractivity contribution in [2.75, 3.05) is 5.75 Å². The summed E-state index contributed by atoms with van der Waals surface area (Å²) in [5.41, 5.74) is 6.76. The Morgan fingerprint density at radius 3 is 2.83 bits per heavy atom. The minimum absolute atomic E-state index is 0.133. The molecule has 0 saturated heterocycles. The number of aromatic nitrogens is 2. The first-order chi connectivity index (χ1) is 8.81. The summed E-state index contributed by atoms with van der Waals surface area (Å²) in [7, 11) is 0. The number of rotatable bonds is 5. The van der Waals surface area contributed by atoms with Crippen LogP contribution in [0.3, 0.4) is 0 Å². The Labute approximate surface area is 109 Å². The third-order valence-electron chi connectivity index (χ3n) is 2.53. The second-order valence-corrected chi connectivity index (χ2v) is 4.70. The van der Waals surface area contributed by atoms with Gasteiger partial charge in [-0.05, 0) is 5.56 Å². The Bertz CT molecular complexity index is 498. The number of nitrogens with zero attached hydrogens (tertiary/aromatic N) is 2. The Morgan fingerprint density at radius 2 is 2.22 bits per heavy atom. The van der Waals surface area contributed by atoms with Crippen LogP contribution < -0.4 is 5.73 Å². The van der Waals surface area contributed by atoms with Crippen LogP contribution in [0.2, 0.25) is 0 Å². The molecule has 1 aromatic carbocycles. The fourth-order valence-electron chi connectivity index (χ4n) is 1.60. The van der Waals surface area contributed by atoms with E-state index in [-0.39, 0.29) is 11.8 Å². The Morgan fingerprint density at radius 1 is 1.44 bits per heavy atom. The zero-order valence-electron chi connectivity index (χ0n) is 9.65. The molecule has 0 aliphatic rings. The maximum absolute atomic E-state index is 8.85. The molecule has 1 atom stereocenters. The highest BCUT2D eigenvalue weighted by atomic mass is 32.2. The number of H-pyrrole nitrogens is 1. The van der Waals surface area contributed by atoms with Gasteiger partial charge in [0, 0.05) is 18.1 Å². The zero-order chi connectivity index (χ0) is 12.8. The molecule has 0 amide bonds. The first kappa shape index (κ1) is 12.5. The molecule has 94 valence electrons. The lowest BCUT2D eigenvalue weighted by Crippen LogP contribution is -2.23. The van der Waals surface area contributed by atoms with Gasteiger partial charge in [0.15, 0.2) is 5.16 Å². The van der Waals surface area contributed by atoms with Gasteiger partial charge in [0.25, 0.3) is 0 Å². The van der Waals surface area contributed by atoms with Gasteiger partial charge in [-0.3, -0.25) is 0 Å². The van der Waals surface area contributed by atoms with Crippen molar-refractivity contribution in [1.29, 1.82) is 0 Å². The smallest absolute Gasteiger partial charge is 0.165 e. The molecule has 1 heterocycles. The Kier molecular flexibility index (Phi) is 4.25. The number of amidine groups is 1. The largest absolute Gasteiger partial charge is 0.409 e. The molecule has 1 aromatic heterocycles. The van der Waals surface area contributed by atoms with Crippen molar-refractivity contribution in [3.8, 4) is 0 Å². The average Bonchev–Trinajstić information content (AvgIpc) is 2.93. The quantitative estimate of drug-likeness (QED) is 0.253. The molecule has 0 aliphatic heterocycles. The average molecular weight is 262 g/mol. The molecule has 0 aliphatic carbocycles. The van der Waals surface area contributed by atoms with Crippen LogP contribution >= 0.6 is 11.8 Å². The van der Waals surface area contributed by atoms with E-state index in [1.54, 1.807) is 12.4 Å². The highest BCUT2D eigenvalue weighted by Crippen LogP contribution is 2.24. The zero-order valence-corrected chi connectivity index (χ0v) is 10.5. The maximum Gasteiger partial charge on any atom is 0.165 e. The topological polar surface area (TPSA) is 87.3 Å². The van der Waals surface area contributed by atoms with E-state index in [4.69, 9.17) is 10.9 Å². The van der Waals surface area contributed by atoms with Gasteiger partial charge in [-0.15, -0.1) is 0 Å². The van der Waals surface area contributed by atoms with Crippen molar-refractivity contribution in [1.82, 2.24) is 9.97 Å². The van der Waals surface area contributed by atoms with Crippen molar-refractivity contribution >= 4 is 17.6 Å². The third kappa shape index (κ3) is 3.04. The van der Waals surface area contributed by atoms with Crippen LogP contribution in [0.15, 0.2) is 53.0 Å². The number of aromatic amines is 1. The van der Waals surface area contributed by atoms with E-state index in [2.05, 4.69) is 15.1 Å².